The topological polar surface area (TPSA) is 94.8 Å². The van der Waals surface area contributed by atoms with Gasteiger partial charge in [-0.15, -0.1) is 5.10 Å². The van der Waals surface area contributed by atoms with Gasteiger partial charge in [0.15, 0.2) is 5.69 Å². The van der Waals surface area contributed by atoms with Crippen molar-refractivity contribution in [2.45, 2.75) is 45.0 Å². The van der Waals surface area contributed by atoms with E-state index >= 15 is 0 Å². The summed E-state index contributed by atoms with van der Waals surface area (Å²) in [6.07, 6.45) is -2.60. The van der Waals surface area contributed by atoms with Gasteiger partial charge in [0.05, 0.1) is 23.3 Å². The van der Waals surface area contributed by atoms with E-state index in [4.69, 9.17) is 17.3 Å². The monoisotopic (exact) mass is 580 g/mol. The van der Waals surface area contributed by atoms with E-state index in [0.717, 1.165) is 34.1 Å². The Morgan fingerprint density at radius 1 is 0.976 bits per heavy atom. The summed E-state index contributed by atoms with van der Waals surface area (Å²) in [6, 6.07) is 20.4. The number of halogens is 4. The normalized spacial score (nSPS) is 13.0. The van der Waals surface area contributed by atoms with Gasteiger partial charge in [0.2, 0.25) is 0 Å². The number of aliphatic hydroxyl groups excluding tert-OH is 1. The first-order chi connectivity index (χ1) is 19.3. The van der Waals surface area contributed by atoms with Crippen molar-refractivity contribution in [3.8, 4) is 22.5 Å². The van der Waals surface area contributed by atoms with Crippen molar-refractivity contribution in [2.24, 2.45) is 5.73 Å². The first kappa shape index (κ1) is 28.5. The number of nitrogens with zero attached hydrogens (tertiary/aromatic N) is 5. The molecule has 0 aliphatic heterocycles. The number of imidazole rings is 1. The van der Waals surface area contributed by atoms with Crippen molar-refractivity contribution in [1.82, 2.24) is 24.5 Å². The fourth-order valence-electron chi connectivity index (χ4n) is 4.59. The fourth-order valence-corrected chi connectivity index (χ4v) is 4.72. The maximum atomic E-state index is 13.5. The second-order valence-corrected chi connectivity index (χ2v) is 10.9. The largest absolute Gasteiger partial charge is 0.434 e. The van der Waals surface area contributed by atoms with Crippen LogP contribution in [0.2, 0.25) is 5.02 Å². The molecule has 0 saturated heterocycles. The van der Waals surface area contributed by atoms with Gasteiger partial charge in [-0.05, 0) is 53.4 Å². The summed E-state index contributed by atoms with van der Waals surface area (Å²) in [5, 5.41) is 19.2. The van der Waals surface area contributed by atoms with Crippen molar-refractivity contribution in [2.75, 3.05) is 0 Å². The Bertz CT molecular complexity index is 1690. The highest BCUT2D eigenvalue weighted by Gasteiger charge is 2.35. The average molecular weight is 581 g/mol. The summed E-state index contributed by atoms with van der Waals surface area (Å²) in [4.78, 5) is 3.76. The second kappa shape index (κ2) is 10.8. The van der Waals surface area contributed by atoms with Gasteiger partial charge in [0, 0.05) is 23.1 Å². The molecule has 0 spiro atoms. The molecule has 0 fully saturated rings. The van der Waals surface area contributed by atoms with E-state index in [1.165, 1.54) is 11.5 Å². The molecule has 1 unspecified atom stereocenters. The van der Waals surface area contributed by atoms with Gasteiger partial charge in [-0.2, -0.15) is 13.2 Å². The summed E-state index contributed by atoms with van der Waals surface area (Å²) in [5.74, 6) is 0.173. The van der Waals surface area contributed by atoms with E-state index in [1.807, 2.05) is 62.4 Å². The molecule has 1 atom stereocenters. The summed E-state index contributed by atoms with van der Waals surface area (Å²) in [5.41, 5.74) is 9.25. The number of rotatable bonds is 7. The molecule has 0 radical (unpaired) electrons. The van der Waals surface area contributed by atoms with E-state index in [2.05, 4.69) is 15.3 Å². The minimum Gasteiger partial charge on any atom is -0.378 e. The smallest absolute Gasteiger partial charge is 0.378 e. The van der Waals surface area contributed by atoms with Crippen LogP contribution in [0.5, 0.6) is 0 Å². The van der Waals surface area contributed by atoms with Gasteiger partial charge < -0.3 is 15.4 Å². The van der Waals surface area contributed by atoms with E-state index in [1.54, 1.807) is 29.1 Å². The first-order valence-corrected chi connectivity index (χ1v) is 13.2. The number of alkyl halides is 3. The van der Waals surface area contributed by atoms with Gasteiger partial charge in [-0.3, -0.25) is 0 Å². The standard InChI is InChI=1S/C30H28ClF3N6O/c1-18-37-27(30(32,33)34)17-39(18)25-12-9-21(20-5-4-6-22(14-20)29(2,3)28(35)41)15-26(25)40-24(16-36-38-40)13-19-7-10-23(31)11-8-19/h4-12,14-17,28,41H,13,35H2,1-3H3. The molecule has 2 heterocycles. The fraction of sp³-hybridized carbons (Fsp3) is 0.233. The van der Waals surface area contributed by atoms with Crippen LogP contribution in [0.1, 0.15) is 42.2 Å². The Balaban J connectivity index is 1.67. The molecule has 0 amide bonds. The minimum absolute atomic E-state index is 0.173. The van der Waals surface area contributed by atoms with Gasteiger partial charge in [0.25, 0.3) is 0 Å². The van der Waals surface area contributed by atoms with Crippen LogP contribution >= 0.6 is 11.6 Å². The second-order valence-electron chi connectivity index (χ2n) is 10.4. The molecule has 0 bridgehead atoms. The third-order valence-electron chi connectivity index (χ3n) is 7.23. The van der Waals surface area contributed by atoms with Crippen LogP contribution in [0.3, 0.4) is 0 Å². The molecular weight excluding hydrogens is 553 g/mol. The molecule has 7 nitrogen and oxygen atoms in total. The van der Waals surface area contributed by atoms with Crippen LogP contribution in [-0.2, 0) is 18.0 Å². The number of aromatic nitrogens is 5. The number of hydrogen-bond donors (Lipinski definition) is 2. The van der Waals surface area contributed by atoms with Gasteiger partial charge >= 0.3 is 6.18 Å². The highest BCUT2D eigenvalue weighted by molar-refractivity contribution is 6.30. The molecule has 2 aromatic heterocycles. The molecule has 0 aliphatic rings. The zero-order chi connectivity index (χ0) is 29.5. The lowest BCUT2D eigenvalue weighted by atomic mass is 9.82. The Morgan fingerprint density at radius 3 is 2.34 bits per heavy atom. The number of hydrogen-bond acceptors (Lipinski definition) is 5. The lowest BCUT2D eigenvalue weighted by molar-refractivity contribution is -0.141. The Morgan fingerprint density at radius 2 is 1.68 bits per heavy atom. The number of aliphatic hydroxyl groups is 1. The highest BCUT2D eigenvalue weighted by Crippen LogP contribution is 2.34. The van der Waals surface area contributed by atoms with Crippen molar-refractivity contribution in [1.29, 1.82) is 0 Å². The molecule has 41 heavy (non-hydrogen) atoms. The predicted octanol–water partition coefficient (Wildman–Crippen LogP) is 6.25. The molecule has 5 rings (SSSR count). The van der Waals surface area contributed by atoms with E-state index in [0.29, 0.717) is 22.8 Å². The quantitative estimate of drug-likeness (QED) is 0.222. The maximum absolute atomic E-state index is 13.5. The average Bonchev–Trinajstić information content (AvgIpc) is 3.56. The number of nitrogens with two attached hydrogens (primary N) is 1. The third-order valence-corrected chi connectivity index (χ3v) is 7.49. The zero-order valence-electron chi connectivity index (χ0n) is 22.6. The summed E-state index contributed by atoms with van der Waals surface area (Å²) in [7, 11) is 0. The van der Waals surface area contributed by atoms with E-state index < -0.39 is 23.5 Å². The molecule has 3 aromatic carbocycles. The molecule has 3 N–H and O–H groups in total. The minimum atomic E-state index is -4.59. The highest BCUT2D eigenvalue weighted by atomic mass is 35.5. The van der Waals surface area contributed by atoms with Crippen molar-refractivity contribution < 1.29 is 18.3 Å². The first-order valence-electron chi connectivity index (χ1n) is 12.8. The van der Waals surface area contributed by atoms with Crippen molar-refractivity contribution in [3.63, 3.8) is 0 Å². The molecule has 0 saturated carbocycles. The van der Waals surface area contributed by atoms with Crippen LogP contribution in [0, 0.1) is 6.92 Å². The summed E-state index contributed by atoms with van der Waals surface area (Å²) >= 11 is 6.05. The van der Waals surface area contributed by atoms with Crippen molar-refractivity contribution in [3.05, 3.63) is 112 Å². The lowest BCUT2D eigenvalue weighted by Gasteiger charge is -2.28. The molecule has 0 aliphatic carbocycles. The van der Waals surface area contributed by atoms with Crippen LogP contribution in [0.15, 0.2) is 79.1 Å². The van der Waals surface area contributed by atoms with Crippen LogP contribution in [0.25, 0.3) is 22.5 Å². The SMILES string of the molecule is Cc1nc(C(F)(F)F)cn1-c1ccc(-c2cccc(C(C)(C)C(N)O)c2)cc1-n1nncc1Cc1ccc(Cl)cc1. The molecule has 11 heteroatoms. The summed E-state index contributed by atoms with van der Waals surface area (Å²) in [6.45, 7) is 5.22. The molecule has 212 valence electrons. The number of aryl methyl sites for hydroxylation is 1. The Labute approximate surface area is 240 Å². The van der Waals surface area contributed by atoms with Gasteiger partial charge in [0.1, 0.15) is 12.1 Å². The van der Waals surface area contributed by atoms with Crippen LogP contribution < -0.4 is 5.73 Å². The van der Waals surface area contributed by atoms with Crippen LogP contribution in [0.4, 0.5) is 13.2 Å². The summed E-state index contributed by atoms with van der Waals surface area (Å²) < 4.78 is 43.7. The van der Waals surface area contributed by atoms with E-state index in [-0.39, 0.29) is 5.82 Å². The van der Waals surface area contributed by atoms with Gasteiger partial charge in [-0.25, -0.2) is 9.67 Å². The lowest BCUT2D eigenvalue weighted by Crippen LogP contribution is -2.40. The van der Waals surface area contributed by atoms with E-state index in [9.17, 15) is 18.3 Å². The van der Waals surface area contributed by atoms with Crippen LogP contribution in [-0.4, -0.2) is 35.9 Å². The Hall–Kier alpha value is -3.99. The molecular formula is C30H28ClF3N6O. The predicted molar refractivity (Wildman–Crippen MR) is 151 cm³/mol. The molecule has 5 aromatic rings. The van der Waals surface area contributed by atoms with Gasteiger partial charge in [-0.1, -0.05) is 73.1 Å². The number of benzene rings is 3. The maximum Gasteiger partial charge on any atom is 0.434 e. The van der Waals surface area contributed by atoms with Crippen molar-refractivity contribution >= 4 is 11.6 Å². The third kappa shape index (κ3) is 5.76. The Kier molecular flexibility index (Phi) is 7.50. The zero-order valence-corrected chi connectivity index (χ0v) is 23.3.